The number of benzene rings is 1. The lowest BCUT2D eigenvalue weighted by Gasteiger charge is -2.38. The fourth-order valence-corrected chi connectivity index (χ4v) is 5.67. The van der Waals surface area contributed by atoms with Crippen molar-refractivity contribution in [2.24, 2.45) is 11.8 Å². The van der Waals surface area contributed by atoms with Gasteiger partial charge in [-0.25, -0.2) is 0 Å². The van der Waals surface area contributed by atoms with Crippen LogP contribution in [-0.4, -0.2) is 4.98 Å². The standard InChI is InChI=1S/C22H25N/c1-2-14-5-6-23-22(12-14)17-3-4-20-18-8-15-7-16(9-18)11-19(10-15)21(20)13-17/h3-6,12-13,15-16,18-19H,2,7-11H2,1H3. The molecule has 0 N–H and O–H groups in total. The van der Waals surface area contributed by atoms with E-state index in [9.17, 15) is 0 Å². The van der Waals surface area contributed by atoms with E-state index < -0.39 is 0 Å². The summed E-state index contributed by atoms with van der Waals surface area (Å²) in [5.41, 5.74) is 7.19. The molecule has 0 radical (unpaired) electrons. The van der Waals surface area contributed by atoms with Gasteiger partial charge in [-0.1, -0.05) is 19.1 Å². The molecule has 1 aromatic carbocycles. The highest BCUT2D eigenvalue weighted by Gasteiger charge is 2.41. The summed E-state index contributed by atoms with van der Waals surface area (Å²) >= 11 is 0. The summed E-state index contributed by atoms with van der Waals surface area (Å²) < 4.78 is 0. The molecule has 2 fully saturated rings. The lowest BCUT2D eigenvalue weighted by atomic mass is 9.67. The van der Waals surface area contributed by atoms with E-state index in [4.69, 9.17) is 0 Å². The summed E-state index contributed by atoms with van der Waals surface area (Å²) in [5, 5.41) is 0. The fraction of sp³-hybridized carbons (Fsp3) is 0.500. The second-order valence-corrected chi connectivity index (χ2v) is 8.05. The van der Waals surface area contributed by atoms with Gasteiger partial charge in [0, 0.05) is 11.8 Å². The van der Waals surface area contributed by atoms with Gasteiger partial charge in [0.15, 0.2) is 0 Å². The highest BCUT2D eigenvalue weighted by molar-refractivity contribution is 5.62. The van der Waals surface area contributed by atoms with Crippen molar-refractivity contribution in [1.29, 1.82) is 0 Å². The molecule has 6 rings (SSSR count). The monoisotopic (exact) mass is 303 g/mol. The van der Waals surface area contributed by atoms with Crippen molar-refractivity contribution < 1.29 is 0 Å². The second-order valence-electron chi connectivity index (χ2n) is 8.05. The van der Waals surface area contributed by atoms with Gasteiger partial charge in [0.1, 0.15) is 0 Å². The Balaban J connectivity index is 1.60. The molecule has 0 amide bonds. The van der Waals surface area contributed by atoms with E-state index in [1.807, 2.05) is 6.20 Å². The van der Waals surface area contributed by atoms with Crippen LogP contribution < -0.4 is 0 Å². The summed E-state index contributed by atoms with van der Waals surface area (Å²) in [4.78, 5) is 4.64. The molecule has 2 aromatic rings. The molecule has 4 bridgehead atoms. The Labute approximate surface area is 139 Å². The maximum absolute atomic E-state index is 4.64. The summed E-state index contributed by atoms with van der Waals surface area (Å²) in [6.07, 6.45) is 10.3. The Morgan fingerprint density at radius 2 is 1.61 bits per heavy atom. The third-order valence-corrected chi connectivity index (χ3v) is 6.63. The molecule has 2 unspecified atom stereocenters. The van der Waals surface area contributed by atoms with E-state index in [-0.39, 0.29) is 0 Å². The molecule has 23 heavy (non-hydrogen) atoms. The van der Waals surface area contributed by atoms with Gasteiger partial charge in [0.2, 0.25) is 0 Å². The van der Waals surface area contributed by atoms with Gasteiger partial charge in [-0.05, 0) is 97.1 Å². The SMILES string of the molecule is CCc1ccnc(-c2ccc3c(c2)C2CC4CC(CC3C4)C2)c1. The molecular formula is C22H25N. The smallest absolute Gasteiger partial charge is 0.0704 e. The summed E-state index contributed by atoms with van der Waals surface area (Å²) in [6, 6.07) is 11.7. The van der Waals surface area contributed by atoms with Crippen LogP contribution in [0.2, 0.25) is 0 Å². The molecule has 1 heteroatoms. The first-order valence-electron chi connectivity index (χ1n) is 9.39. The molecule has 1 aromatic heterocycles. The zero-order valence-electron chi connectivity index (χ0n) is 14.0. The van der Waals surface area contributed by atoms with Gasteiger partial charge in [0.05, 0.1) is 5.69 Å². The minimum absolute atomic E-state index is 0.815. The van der Waals surface area contributed by atoms with Crippen LogP contribution in [0.5, 0.6) is 0 Å². The molecular weight excluding hydrogens is 278 g/mol. The Kier molecular flexibility index (Phi) is 3.11. The number of hydrogen-bond acceptors (Lipinski definition) is 1. The van der Waals surface area contributed by atoms with Crippen LogP contribution in [0.3, 0.4) is 0 Å². The topological polar surface area (TPSA) is 12.9 Å². The number of rotatable bonds is 2. The largest absolute Gasteiger partial charge is 0.256 e. The second kappa shape index (κ2) is 5.19. The van der Waals surface area contributed by atoms with Crippen molar-refractivity contribution in [3.05, 3.63) is 53.2 Å². The first-order valence-corrected chi connectivity index (χ1v) is 9.39. The minimum Gasteiger partial charge on any atom is -0.256 e. The number of aromatic nitrogens is 1. The molecule has 0 spiro atoms. The molecule has 1 nitrogen and oxygen atoms in total. The van der Waals surface area contributed by atoms with E-state index >= 15 is 0 Å². The van der Waals surface area contributed by atoms with E-state index in [0.29, 0.717) is 0 Å². The van der Waals surface area contributed by atoms with E-state index in [0.717, 1.165) is 35.8 Å². The third kappa shape index (κ3) is 2.24. The van der Waals surface area contributed by atoms with Crippen LogP contribution >= 0.6 is 0 Å². The van der Waals surface area contributed by atoms with Crippen molar-refractivity contribution >= 4 is 0 Å². The van der Waals surface area contributed by atoms with Crippen LogP contribution in [0.15, 0.2) is 36.5 Å². The Morgan fingerprint density at radius 3 is 2.35 bits per heavy atom. The van der Waals surface area contributed by atoms with Crippen LogP contribution in [-0.2, 0) is 6.42 Å². The maximum atomic E-state index is 4.64. The van der Waals surface area contributed by atoms with Gasteiger partial charge >= 0.3 is 0 Å². The van der Waals surface area contributed by atoms with Gasteiger partial charge in [-0.3, -0.25) is 4.98 Å². The number of aryl methyl sites for hydroxylation is 1. The van der Waals surface area contributed by atoms with Gasteiger partial charge < -0.3 is 0 Å². The third-order valence-electron chi connectivity index (χ3n) is 6.63. The van der Waals surface area contributed by atoms with Crippen molar-refractivity contribution in [3.63, 3.8) is 0 Å². The quantitative estimate of drug-likeness (QED) is 0.693. The number of nitrogens with zero attached hydrogens (tertiary/aromatic N) is 1. The van der Waals surface area contributed by atoms with Crippen LogP contribution in [0.1, 0.15) is 67.6 Å². The first kappa shape index (κ1) is 13.8. The Morgan fingerprint density at radius 1 is 0.870 bits per heavy atom. The number of hydrogen-bond donors (Lipinski definition) is 0. The molecule has 2 atom stereocenters. The normalized spacial score (nSPS) is 31.0. The molecule has 0 saturated heterocycles. The minimum atomic E-state index is 0.815. The van der Waals surface area contributed by atoms with Gasteiger partial charge in [-0.15, -0.1) is 0 Å². The van der Waals surface area contributed by atoms with Crippen LogP contribution in [0.25, 0.3) is 11.3 Å². The highest BCUT2D eigenvalue weighted by atomic mass is 14.7. The molecule has 2 saturated carbocycles. The van der Waals surface area contributed by atoms with Gasteiger partial charge in [0.25, 0.3) is 0 Å². The molecule has 118 valence electrons. The predicted octanol–water partition coefficient (Wildman–Crippen LogP) is 5.70. The zero-order chi connectivity index (χ0) is 15.4. The number of pyridine rings is 1. The van der Waals surface area contributed by atoms with Crippen LogP contribution in [0.4, 0.5) is 0 Å². The Bertz CT molecular complexity index is 733. The summed E-state index contributed by atoms with van der Waals surface area (Å²) in [5.74, 6) is 3.64. The fourth-order valence-electron chi connectivity index (χ4n) is 5.67. The van der Waals surface area contributed by atoms with Crippen molar-refractivity contribution in [1.82, 2.24) is 4.98 Å². The van der Waals surface area contributed by atoms with E-state index in [1.54, 1.807) is 11.1 Å². The highest BCUT2D eigenvalue weighted by Crippen LogP contribution is 2.56. The van der Waals surface area contributed by atoms with Crippen molar-refractivity contribution in [2.45, 2.75) is 57.3 Å². The molecule has 0 aliphatic heterocycles. The predicted molar refractivity (Wildman–Crippen MR) is 94.6 cm³/mol. The lowest BCUT2D eigenvalue weighted by molar-refractivity contribution is 0.166. The Hall–Kier alpha value is -1.63. The van der Waals surface area contributed by atoms with Crippen LogP contribution in [0, 0.1) is 11.8 Å². The first-order chi connectivity index (χ1) is 11.3. The van der Waals surface area contributed by atoms with Crippen molar-refractivity contribution in [2.75, 3.05) is 0 Å². The average molecular weight is 303 g/mol. The molecule has 1 heterocycles. The molecule has 4 aliphatic rings. The lowest BCUT2D eigenvalue weighted by Crippen LogP contribution is -2.25. The molecule has 4 aliphatic carbocycles. The van der Waals surface area contributed by atoms with Gasteiger partial charge in [-0.2, -0.15) is 0 Å². The average Bonchev–Trinajstić information content (AvgIpc) is 2.76. The maximum Gasteiger partial charge on any atom is 0.0704 e. The zero-order valence-corrected chi connectivity index (χ0v) is 14.0. The summed E-state index contributed by atoms with van der Waals surface area (Å²) in [6.45, 7) is 2.21. The van der Waals surface area contributed by atoms with E-state index in [2.05, 4.69) is 42.2 Å². The van der Waals surface area contributed by atoms with Crippen molar-refractivity contribution in [3.8, 4) is 11.3 Å². The summed E-state index contributed by atoms with van der Waals surface area (Å²) in [7, 11) is 0. The van der Waals surface area contributed by atoms with E-state index in [1.165, 1.54) is 43.2 Å².